The van der Waals surface area contributed by atoms with Gasteiger partial charge in [0, 0.05) is 19.0 Å². The van der Waals surface area contributed by atoms with Crippen LogP contribution < -0.4 is 10.1 Å². The van der Waals surface area contributed by atoms with Gasteiger partial charge in [-0.1, -0.05) is 37.5 Å². The Balaban J connectivity index is 1.49. The molecule has 0 unspecified atom stereocenters. The van der Waals surface area contributed by atoms with Crippen molar-refractivity contribution >= 4 is 5.91 Å². The van der Waals surface area contributed by atoms with E-state index in [2.05, 4.69) is 10.2 Å². The number of para-hydroxylation sites is 1. The first-order chi connectivity index (χ1) is 12.8. The molecule has 2 atom stereocenters. The number of methoxy groups -OCH3 is 1. The Kier molecular flexibility index (Phi) is 7.36. The molecule has 1 N–H and O–H groups in total. The zero-order valence-corrected chi connectivity index (χ0v) is 16.2. The number of hydrogen-bond donors (Lipinski definition) is 1. The number of nitrogens with one attached hydrogen (secondary N) is 1. The lowest BCUT2D eigenvalue weighted by Gasteiger charge is -2.37. The summed E-state index contributed by atoms with van der Waals surface area (Å²) in [5.74, 6) is 1.68. The Bertz CT molecular complexity index is 569. The summed E-state index contributed by atoms with van der Waals surface area (Å²) in [5, 5.41) is 3.36. The molecule has 0 bridgehead atoms. The molecule has 2 aliphatic rings. The fourth-order valence-electron chi connectivity index (χ4n) is 4.53. The van der Waals surface area contributed by atoms with Crippen molar-refractivity contribution in [2.45, 2.75) is 63.8 Å². The highest BCUT2D eigenvalue weighted by atomic mass is 16.5. The largest absolute Gasteiger partial charge is 0.496 e. The molecule has 1 aromatic carbocycles. The van der Waals surface area contributed by atoms with Crippen LogP contribution in [0, 0.1) is 5.92 Å². The van der Waals surface area contributed by atoms with Gasteiger partial charge in [-0.25, -0.2) is 0 Å². The molecular weight excluding hydrogens is 324 g/mol. The maximum Gasteiger partial charge on any atom is 0.220 e. The minimum Gasteiger partial charge on any atom is -0.496 e. The maximum atomic E-state index is 12.6. The fraction of sp³-hybridized carbons (Fsp3) is 0.682. The van der Waals surface area contributed by atoms with E-state index in [1.807, 2.05) is 24.3 Å². The summed E-state index contributed by atoms with van der Waals surface area (Å²) in [6.45, 7) is 3.65. The number of amides is 1. The smallest absolute Gasteiger partial charge is 0.220 e. The van der Waals surface area contributed by atoms with Gasteiger partial charge in [0.15, 0.2) is 0 Å². The van der Waals surface area contributed by atoms with Crippen LogP contribution in [-0.2, 0) is 11.2 Å². The van der Waals surface area contributed by atoms with E-state index in [0.29, 0.717) is 18.4 Å². The predicted molar refractivity (Wildman–Crippen MR) is 105 cm³/mol. The van der Waals surface area contributed by atoms with Gasteiger partial charge in [0.1, 0.15) is 5.75 Å². The molecule has 1 aromatic rings. The highest BCUT2D eigenvalue weighted by molar-refractivity contribution is 5.76. The van der Waals surface area contributed by atoms with Gasteiger partial charge in [0.2, 0.25) is 5.91 Å². The van der Waals surface area contributed by atoms with Gasteiger partial charge in [-0.2, -0.15) is 0 Å². The summed E-state index contributed by atoms with van der Waals surface area (Å²) in [4.78, 5) is 15.2. The number of piperidine rings is 1. The summed E-state index contributed by atoms with van der Waals surface area (Å²) < 4.78 is 5.39. The van der Waals surface area contributed by atoms with E-state index in [1.54, 1.807) is 7.11 Å². The number of likely N-dealkylation sites (tertiary alicyclic amines) is 1. The van der Waals surface area contributed by atoms with E-state index in [4.69, 9.17) is 4.74 Å². The molecule has 0 radical (unpaired) electrons. The van der Waals surface area contributed by atoms with Crippen LogP contribution in [0.25, 0.3) is 0 Å². The number of carbonyl (C=O) groups is 1. The minimum atomic E-state index is 0.187. The van der Waals surface area contributed by atoms with Crippen LogP contribution in [0.5, 0.6) is 5.75 Å². The first-order valence-corrected chi connectivity index (χ1v) is 10.4. The Morgan fingerprint density at radius 1 is 1.12 bits per heavy atom. The van der Waals surface area contributed by atoms with Crippen molar-refractivity contribution < 1.29 is 9.53 Å². The summed E-state index contributed by atoms with van der Waals surface area (Å²) >= 11 is 0. The topological polar surface area (TPSA) is 41.6 Å². The second-order valence-corrected chi connectivity index (χ2v) is 7.89. The van der Waals surface area contributed by atoms with Gasteiger partial charge in [0.25, 0.3) is 0 Å². The summed E-state index contributed by atoms with van der Waals surface area (Å²) in [6, 6.07) is 8.34. The van der Waals surface area contributed by atoms with Crippen molar-refractivity contribution in [1.82, 2.24) is 10.2 Å². The Hall–Kier alpha value is -1.55. The highest BCUT2D eigenvalue weighted by Gasteiger charge is 2.28. The fourth-order valence-corrected chi connectivity index (χ4v) is 4.53. The summed E-state index contributed by atoms with van der Waals surface area (Å²) in [7, 11) is 1.69. The van der Waals surface area contributed by atoms with E-state index in [1.165, 1.54) is 51.6 Å². The number of nitrogens with zero attached hydrogens (tertiary/aromatic N) is 1. The molecule has 4 heteroatoms. The van der Waals surface area contributed by atoms with Crippen LogP contribution in [0.1, 0.15) is 56.9 Å². The lowest BCUT2D eigenvalue weighted by Crippen LogP contribution is -2.47. The van der Waals surface area contributed by atoms with Crippen molar-refractivity contribution in [3.05, 3.63) is 29.8 Å². The molecule has 1 heterocycles. The summed E-state index contributed by atoms with van der Waals surface area (Å²) in [5.41, 5.74) is 1.11. The van der Waals surface area contributed by atoms with Crippen molar-refractivity contribution in [3.63, 3.8) is 0 Å². The molecule has 1 aliphatic heterocycles. The molecule has 1 saturated carbocycles. The van der Waals surface area contributed by atoms with Gasteiger partial charge in [-0.05, 0) is 62.7 Å². The van der Waals surface area contributed by atoms with Crippen molar-refractivity contribution in [2.24, 2.45) is 5.92 Å². The molecule has 144 valence electrons. The first-order valence-electron chi connectivity index (χ1n) is 10.4. The number of carbonyl (C=O) groups excluding carboxylic acids is 1. The monoisotopic (exact) mass is 358 g/mol. The number of rotatable bonds is 7. The van der Waals surface area contributed by atoms with Gasteiger partial charge < -0.3 is 15.0 Å². The average Bonchev–Trinajstić information content (AvgIpc) is 2.69. The molecule has 1 saturated heterocycles. The molecule has 4 nitrogen and oxygen atoms in total. The Labute approximate surface area is 158 Å². The summed E-state index contributed by atoms with van der Waals surface area (Å²) in [6.07, 6.45) is 10.3. The first kappa shape index (κ1) is 19.2. The van der Waals surface area contributed by atoms with Gasteiger partial charge in [0.05, 0.1) is 7.11 Å². The van der Waals surface area contributed by atoms with Crippen molar-refractivity contribution in [1.29, 1.82) is 0 Å². The second kappa shape index (κ2) is 9.96. The van der Waals surface area contributed by atoms with Gasteiger partial charge >= 0.3 is 0 Å². The molecular formula is C22H34N2O2. The van der Waals surface area contributed by atoms with Crippen LogP contribution in [0.3, 0.4) is 0 Å². The van der Waals surface area contributed by atoms with Gasteiger partial charge in [-0.15, -0.1) is 0 Å². The highest BCUT2D eigenvalue weighted by Crippen LogP contribution is 2.27. The van der Waals surface area contributed by atoms with Crippen molar-refractivity contribution in [3.8, 4) is 5.75 Å². The van der Waals surface area contributed by atoms with E-state index in [0.717, 1.165) is 30.7 Å². The van der Waals surface area contributed by atoms with Crippen LogP contribution in [0.4, 0.5) is 0 Å². The molecule has 3 rings (SSSR count). The standard InChI is InChI=1S/C22H34N2O2/c1-26-21-12-6-4-9-18(21)13-14-22(25)23-20-11-5-3-10-19(20)17-24-15-7-2-8-16-24/h4,6,9,12,19-20H,2-3,5,7-8,10-11,13-17H2,1H3,(H,23,25)/t19-,20+/m0/s1. The predicted octanol–water partition coefficient (Wildman–Crippen LogP) is 3.79. The second-order valence-electron chi connectivity index (χ2n) is 7.89. The third-order valence-electron chi connectivity index (χ3n) is 6.01. The number of hydrogen-bond acceptors (Lipinski definition) is 3. The Morgan fingerprint density at radius 2 is 1.88 bits per heavy atom. The number of ether oxygens (including phenoxy) is 1. The zero-order valence-electron chi connectivity index (χ0n) is 16.2. The van der Waals surface area contributed by atoms with Crippen LogP contribution in [0.2, 0.25) is 0 Å². The average molecular weight is 359 g/mol. The van der Waals surface area contributed by atoms with E-state index >= 15 is 0 Å². The van der Waals surface area contributed by atoms with E-state index < -0.39 is 0 Å². The third-order valence-corrected chi connectivity index (χ3v) is 6.01. The van der Waals surface area contributed by atoms with Crippen molar-refractivity contribution in [2.75, 3.05) is 26.7 Å². The lowest BCUT2D eigenvalue weighted by atomic mass is 9.83. The molecule has 1 amide bonds. The Morgan fingerprint density at radius 3 is 2.69 bits per heavy atom. The maximum absolute atomic E-state index is 12.6. The molecule has 26 heavy (non-hydrogen) atoms. The zero-order chi connectivity index (χ0) is 18.2. The third kappa shape index (κ3) is 5.47. The number of aryl methyl sites for hydroxylation is 1. The van der Waals surface area contributed by atoms with Crippen LogP contribution in [0.15, 0.2) is 24.3 Å². The van der Waals surface area contributed by atoms with E-state index in [-0.39, 0.29) is 5.91 Å². The minimum absolute atomic E-state index is 0.187. The van der Waals surface area contributed by atoms with Gasteiger partial charge in [-0.3, -0.25) is 4.79 Å². The molecule has 1 aliphatic carbocycles. The molecule has 0 aromatic heterocycles. The van der Waals surface area contributed by atoms with Crippen LogP contribution >= 0.6 is 0 Å². The SMILES string of the molecule is COc1ccccc1CCC(=O)N[C@@H]1CCCC[C@H]1CN1CCCCC1. The quantitative estimate of drug-likeness (QED) is 0.806. The normalized spacial score (nSPS) is 24.2. The number of benzene rings is 1. The van der Waals surface area contributed by atoms with E-state index in [9.17, 15) is 4.79 Å². The lowest BCUT2D eigenvalue weighted by molar-refractivity contribution is -0.122. The molecule has 2 fully saturated rings. The molecule has 0 spiro atoms. The van der Waals surface area contributed by atoms with Crippen LogP contribution in [-0.4, -0.2) is 43.6 Å².